The van der Waals surface area contributed by atoms with Crippen molar-refractivity contribution in [2.24, 2.45) is 10.9 Å². The third-order valence-electron chi connectivity index (χ3n) is 2.67. The standard InChI is InChI=1S/C13H11BrF2N4O/c14-8-4-9(15)12(10(16)5-8)19-6-7-1-2-18-11(3-7)13(17)20-21/h1-5,19,21H,6H2,(H2,17,20). The molecule has 0 saturated heterocycles. The lowest BCUT2D eigenvalue weighted by atomic mass is 10.2. The quantitative estimate of drug-likeness (QED) is 0.340. The SMILES string of the molecule is NC(=NO)c1cc(CNc2c(F)cc(Br)cc2F)ccn1. The fourth-order valence-electron chi connectivity index (χ4n) is 1.68. The van der Waals surface area contributed by atoms with Gasteiger partial charge in [-0.25, -0.2) is 8.78 Å². The summed E-state index contributed by atoms with van der Waals surface area (Å²) in [5.74, 6) is -1.54. The second-order valence-electron chi connectivity index (χ2n) is 4.13. The number of pyridine rings is 1. The Balaban J connectivity index is 2.17. The number of hydrogen-bond acceptors (Lipinski definition) is 4. The molecule has 0 fully saturated rings. The van der Waals surface area contributed by atoms with E-state index in [9.17, 15) is 8.78 Å². The Morgan fingerprint density at radius 1 is 1.33 bits per heavy atom. The molecule has 1 aromatic heterocycles. The van der Waals surface area contributed by atoms with Gasteiger partial charge in [0, 0.05) is 17.2 Å². The summed E-state index contributed by atoms with van der Waals surface area (Å²) >= 11 is 3.01. The monoisotopic (exact) mass is 356 g/mol. The number of anilines is 1. The van der Waals surface area contributed by atoms with Crippen LogP contribution in [0, 0.1) is 11.6 Å². The summed E-state index contributed by atoms with van der Waals surface area (Å²) in [4.78, 5) is 3.91. The first-order valence-electron chi connectivity index (χ1n) is 5.82. The van der Waals surface area contributed by atoms with Gasteiger partial charge in [-0.15, -0.1) is 0 Å². The molecule has 1 heterocycles. The molecule has 1 aromatic carbocycles. The maximum absolute atomic E-state index is 13.7. The molecule has 8 heteroatoms. The van der Waals surface area contributed by atoms with Gasteiger partial charge in [-0.2, -0.15) is 0 Å². The molecule has 0 radical (unpaired) electrons. The third-order valence-corrected chi connectivity index (χ3v) is 3.13. The van der Waals surface area contributed by atoms with Crippen molar-refractivity contribution in [3.63, 3.8) is 0 Å². The van der Waals surface area contributed by atoms with Crippen molar-refractivity contribution in [3.8, 4) is 0 Å². The number of aromatic nitrogens is 1. The number of nitrogens with two attached hydrogens (primary N) is 1. The third kappa shape index (κ3) is 3.66. The zero-order valence-electron chi connectivity index (χ0n) is 10.6. The lowest BCUT2D eigenvalue weighted by Gasteiger charge is -2.10. The van der Waals surface area contributed by atoms with Crippen LogP contribution in [0.3, 0.4) is 0 Å². The van der Waals surface area contributed by atoms with Crippen LogP contribution in [0.4, 0.5) is 14.5 Å². The number of benzene rings is 1. The number of nitrogens with one attached hydrogen (secondary N) is 1. The minimum Gasteiger partial charge on any atom is -0.409 e. The zero-order valence-corrected chi connectivity index (χ0v) is 12.2. The first-order chi connectivity index (χ1) is 10.0. The Kier molecular flexibility index (Phi) is 4.69. The topological polar surface area (TPSA) is 83.5 Å². The van der Waals surface area contributed by atoms with Crippen LogP contribution in [-0.2, 0) is 6.54 Å². The predicted octanol–water partition coefficient (Wildman–Crippen LogP) is 2.83. The number of oxime groups is 1. The Hall–Kier alpha value is -2.22. The van der Waals surface area contributed by atoms with E-state index in [-0.39, 0.29) is 23.8 Å². The summed E-state index contributed by atoms with van der Waals surface area (Å²) in [5, 5.41) is 14.1. The molecular formula is C13H11BrF2N4O. The molecule has 0 unspecified atom stereocenters. The molecule has 110 valence electrons. The largest absolute Gasteiger partial charge is 0.409 e. The molecule has 0 saturated carbocycles. The van der Waals surface area contributed by atoms with Crippen LogP contribution in [0.2, 0.25) is 0 Å². The molecule has 0 amide bonds. The summed E-state index contributed by atoms with van der Waals surface area (Å²) in [7, 11) is 0. The fraction of sp³-hybridized carbons (Fsp3) is 0.0769. The van der Waals surface area contributed by atoms with Crippen molar-refractivity contribution in [1.82, 2.24) is 4.98 Å². The molecule has 0 atom stereocenters. The van der Waals surface area contributed by atoms with Gasteiger partial charge < -0.3 is 16.3 Å². The minimum absolute atomic E-state index is 0.141. The average Bonchev–Trinajstić information content (AvgIpc) is 2.45. The van der Waals surface area contributed by atoms with Crippen molar-refractivity contribution < 1.29 is 14.0 Å². The van der Waals surface area contributed by atoms with Gasteiger partial charge in [-0.1, -0.05) is 21.1 Å². The van der Waals surface area contributed by atoms with E-state index in [1.54, 1.807) is 12.1 Å². The van der Waals surface area contributed by atoms with Crippen molar-refractivity contribution in [1.29, 1.82) is 0 Å². The van der Waals surface area contributed by atoms with Gasteiger partial charge >= 0.3 is 0 Å². The maximum Gasteiger partial charge on any atom is 0.188 e. The van der Waals surface area contributed by atoms with E-state index in [2.05, 4.69) is 31.4 Å². The number of amidine groups is 1. The molecule has 2 rings (SSSR count). The summed E-state index contributed by atoms with van der Waals surface area (Å²) in [6.07, 6.45) is 1.46. The van der Waals surface area contributed by atoms with Crippen LogP contribution in [0.15, 0.2) is 40.1 Å². The smallest absolute Gasteiger partial charge is 0.188 e. The van der Waals surface area contributed by atoms with Crippen molar-refractivity contribution >= 4 is 27.5 Å². The van der Waals surface area contributed by atoms with Gasteiger partial charge in [0.15, 0.2) is 5.84 Å². The van der Waals surface area contributed by atoms with E-state index in [0.29, 0.717) is 10.0 Å². The van der Waals surface area contributed by atoms with E-state index in [1.165, 1.54) is 18.3 Å². The first-order valence-corrected chi connectivity index (χ1v) is 6.62. The number of hydrogen-bond donors (Lipinski definition) is 3. The van der Waals surface area contributed by atoms with Crippen molar-refractivity contribution in [3.05, 3.63) is 57.8 Å². The lowest BCUT2D eigenvalue weighted by molar-refractivity contribution is 0.318. The highest BCUT2D eigenvalue weighted by atomic mass is 79.9. The van der Waals surface area contributed by atoms with E-state index in [1.807, 2.05) is 0 Å². The molecular weight excluding hydrogens is 346 g/mol. The summed E-state index contributed by atoms with van der Waals surface area (Å²) in [6, 6.07) is 5.53. The maximum atomic E-state index is 13.7. The van der Waals surface area contributed by atoms with Crippen LogP contribution < -0.4 is 11.1 Å². The van der Waals surface area contributed by atoms with Crippen LogP contribution in [0.25, 0.3) is 0 Å². The first kappa shape index (κ1) is 15.2. The highest BCUT2D eigenvalue weighted by Crippen LogP contribution is 2.24. The molecule has 0 aliphatic rings. The molecule has 0 spiro atoms. The average molecular weight is 357 g/mol. The van der Waals surface area contributed by atoms with Gasteiger partial charge in [0.05, 0.1) is 0 Å². The molecule has 4 N–H and O–H groups in total. The van der Waals surface area contributed by atoms with Crippen LogP contribution >= 0.6 is 15.9 Å². The molecule has 5 nitrogen and oxygen atoms in total. The van der Waals surface area contributed by atoms with E-state index >= 15 is 0 Å². The van der Waals surface area contributed by atoms with E-state index in [0.717, 1.165) is 0 Å². The van der Waals surface area contributed by atoms with Gasteiger partial charge in [0.25, 0.3) is 0 Å². The van der Waals surface area contributed by atoms with Crippen LogP contribution in [0.5, 0.6) is 0 Å². The number of rotatable bonds is 4. The molecule has 0 aliphatic carbocycles. The Morgan fingerprint density at radius 3 is 2.62 bits per heavy atom. The molecule has 0 aliphatic heterocycles. The highest BCUT2D eigenvalue weighted by Gasteiger charge is 2.10. The number of nitrogens with zero attached hydrogens (tertiary/aromatic N) is 2. The Labute approximate surface area is 127 Å². The van der Waals surface area contributed by atoms with Crippen molar-refractivity contribution in [2.75, 3.05) is 5.32 Å². The minimum atomic E-state index is -0.701. The van der Waals surface area contributed by atoms with Crippen molar-refractivity contribution in [2.45, 2.75) is 6.54 Å². The van der Waals surface area contributed by atoms with E-state index < -0.39 is 11.6 Å². The summed E-state index contributed by atoms with van der Waals surface area (Å²) < 4.78 is 27.6. The Morgan fingerprint density at radius 2 is 2.00 bits per heavy atom. The zero-order chi connectivity index (χ0) is 15.4. The lowest BCUT2D eigenvalue weighted by Crippen LogP contribution is -2.15. The van der Waals surface area contributed by atoms with Gasteiger partial charge in [-0.3, -0.25) is 4.98 Å². The predicted molar refractivity (Wildman–Crippen MR) is 78.1 cm³/mol. The number of halogens is 3. The Bertz CT molecular complexity index is 671. The van der Waals surface area contributed by atoms with Crippen LogP contribution in [0.1, 0.15) is 11.3 Å². The van der Waals surface area contributed by atoms with E-state index in [4.69, 9.17) is 10.9 Å². The molecule has 2 aromatic rings. The van der Waals surface area contributed by atoms with Gasteiger partial charge in [-0.05, 0) is 29.8 Å². The summed E-state index contributed by atoms with van der Waals surface area (Å²) in [6.45, 7) is 0.156. The van der Waals surface area contributed by atoms with Crippen LogP contribution in [-0.4, -0.2) is 16.0 Å². The fourth-order valence-corrected chi connectivity index (χ4v) is 2.08. The summed E-state index contributed by atoms with van der Waals surface area (Å²) in [5.41, 5.74) is 6.15. The molecule has 21 heavy (non-hydrogen) atoms. The highest BCUT2D eigenvalue weighted by molar-refractivity contribution is 9.10. The molecule has 0 bridgehead atoms. The normalized spacial score (nSPS) is 11.5. The van der Waals surface area contributed by atoms with Gasteiger partial charge in [0.2, 0.25) is 0 Å². The second kappa shape index (κ2) is 6.49. The van der Waals surface area contributed by atoms with Gasteiger partial charge in [0.1, 0.15) is 23.0 Å². The second-order valence-corrected chi connectivity index (χ2v) is 5.05.